The van der Waals surface area contributed by atoms with Gasteiger partial charge in [0.25, 0.3) is 5.91 Å². The second-order valence-corrected chi connectivity index (χ2v) is 5.71. The number of amides is 2. The van der Waals surface area contributed by atoms with Crippen molar-refractivity contribution in [2.45, 2.75) is 0 Å². The van der Waals surface area contributed by atoms with Crippen LogP contribution in [0.2, 0.25) is 0 Å². The van der Waals surface area contributed by atoms with Gasteiger partial charge < -0.3 is 15.0 Å². The molecule has 26 heavy (non-hydrogen) atoms. The van der Waals surface area contributed by atoms with Gasteiger partial charge in [-0.15, -0.1) is 0 Å². The van der Waals surface area contributed by atoms with E-state index in [1.54, 1.807) is 38.4 Å². The maximum absolute atomic E-state index is 12.9. The summed E-state index contributed by atoms with van der Waals surface area (Å²) in [6, 6.07) is 11.5. The number of benzene rings is 2. The van der Waals surface area contributed by atoms with Crippen molar-refractivity contribution in [2.75, 3.05) is 27.2 Å². The summed E-state index contributed by atoms with van der Waals surface area (Å²) in [6.45, 7) is -0.341. The fourth-order valence-corrected chi connectivity index (χ4v) is 2.00. The Balaban J connectivity index is 1.87. The number of rotatable bonds is 7. The summed E-state index contributed by atoms with van der Waals surface area (Å²) in [5.74, 6) is -0.879. The smallest absolute Gasteiger partial charge is 0.258 e. The van der Waals surface area contributed by atoms with Crippen LogP contribution in [0.5, 0.6) is 5.75 Å². The molecule has 2 amide bonds. The maximum Gasteiger partial charge on any atom is 0.258 e. The zero-order valence-electron chi connectivity index (χ0n) is 14.5. The van der Waals surface area contributed by atoms with Crippen molar-refractivity contribution in [1.82, 2.24) is 10.2 Å². The third-order valence-corrected chi connectivity index (χ3v) is 3.53. The van der Waals surface area contributed by atoms with Gasteiger partial charge in [-0.05, 0) is 48.5 Å². The van der Waals surface area contributed by atoms with Crippen LogP contribution in [0.3, 0.4) is 0 Å². The van der Waals surface area contributed by atoms with Crippen molar-refractivity contribution in [3.8, 4) is 5.75 Å². The summed E-state index contributed by atoms with van der Waals surface area (Å²) >= 11 is 0. The van der Waals surface area contributed by atoms with Crippen molar-refractivity contribution in [3.05, 3.63) is 65.5 Å². The zero-order valence-corrected chi connectivity index (χ0v) is 14.5. The first-order valence-corrected chi connectivity index (χ1v) is 7.87. The molecule has 6 nitrogen and oxygen atoms in total. The summed E-state index contributed by atoms with van der Waals surface area (Å²) in [7, 11) is 3.19. The molecule has 0 saturated carbocycles. The molecule has 0 aliphatic carbocycles. The van der Waals surface area contributed by atoms with Gasteiger partial charge in [-0.3, -0.25) is 14.4 Å². The van der Waals surface area contributed by atoms with Gasteiger partial charge in [-0.1, -0.05) is 0 Å². The third-order valence-electron chi connectivity index (χ3n) is 3.53. The van der Waals surface area contributed by atoms with Crippen LogP contribution < -0.4 is 10.1 Å². The molecule has 136 valence electrons. The van der Waals surface area contributed by atoms with Crippen LogP contribution in [0.15, 0.2) is 48.5 Å². The quantitative estimate of drug-likeness (QED) is 0.764. The molecule has 0 aliphatic rings. The fourth-order valence-electron chi connectivity index (χ4n) is 2.00. The molecule has 0 aliphatic heterocycles. The first-order chi connectivity index (χ1) is 12.4. The van der Waals surface area contributed by atoms with Crippen molar-refractivity contribution >= 4 is 17.6 Å². The molecule has 0 unspecified atom stereocenters. The van der Waals surface area contributed by atoms with Crippen molar-refractivity contribution in [1.29, 1.82) is 0 Å². The molecular weight excluding hydrogens is 339 g/mol. The molecular formula is C19H19FN2O4. The molecule has 0 saturated heterocycles. The normalized spacial score (nSPS) is 10.1. The van der Waals surface area contributed by atoms with Crippen LogP contribution in [0.25, 0.3) is 0 Å². The molecule has 0 aromatic heterocycles. The number of halogens is 1. The summed E-state index contributed by atoms with van der Waals surface area (Å²) in [5, 5.41) is 2.45. The van der Waals surface area contributed by atoms with E-state index in [1.165, 1.54) is 29.2 Å². The standard InChI is InChI=1S/C19H19FN2O4/c1-22(2)18(24)11-21-17(23)12-26-16-9-5-14(6-10-16)19(25)13-3-7-15(20)8-4-13/h3-10H,11-12H2,1-2H3,(H,21,23). The molecule has 2 aromatic rings. The molecule has 1 N–H and O–H groups in total. The van der Waals surface area contributed by atoms with E-state index < -0.39 is 11.7 Å². The number of hydrogen-bond acceptors (Lipinski definition) is 4. The lowest BCUT2D eigenvalue weighted by molar-refractivity contribution is -0.131. The summed E-state index contributed by atoms with van der Waals surface area (Å²) in [5.41, 5.74) is 0.801. The largest absolute Gasteiger partial charge is 0.484 e. The Morgan fingerprint density at radius 3 is 2.04 bits per heavy atom. The van der Waals surface area contributed by atoms with Gasteiger partial charge in [0.1, 0.15) is 11.6 Å². The van der Waals surface area contributed by atoms with E-state index in [0.29, 0.717) is 16.9 Å². The lowest BCUT2D eigenvalue weighted by atomic mass is 10.0. The fraction of sp³-hybridized carbons (Fsp3) is 0.211. The molecule has 2 aromatic carbocycles. The summed E-state index contributed by atoms with van der Waals surface area (Å²) in [6.07, 6.45) is 0. The highest BCUT2D eigenvalue weighted by Crippen LogP contribution is 2.16. The number of nitrogens with one attached hydrogen (secondary N) is 1. The van der Waals surface area contributed by atoms with Gasteiger partial charge in [0.15, 0.2) is 12.4 Å². The average Bonchev–Trinajstić information content (AvgIpc) is 2.64. The van der Waals surface area contributed by atoms with E-state index in [9.17, 15) is 18.8 Å². The van der Waals surface area contributed by atoms with Crippen LogP contribution in [-0.4, -0.2) is 49.7 Å². The molecule has 0 radical (unpaired) electrons. The summed E-state index contributed by atoms with van der Waals surface area (Å²) < 4.78 is 18.2. The van der Waals surface area contributed by atoms with Crippen LogP contribution in [0.1, 0.15) is 15.9 Å². The topological polar surface area (TPSA) is 75.7 Å². The summed E-state index contributed by atoms with van der Waals surface area (Å²) in [4.78, 5) is 36.7. The van der Waals surface area contributed by atoms with Crippen molar-refractivity contribution in [2.24, 2.45) is 0 Å². The highest BCUT2D eigenvalue weighted by molar-refractivity contribution is 6.09. The van der Waals surface area contributed by atoms with Gasteiger partial charge in [-0.25, -0.2) is 4.39 Å². The molecule has 2 rings (SSSR count). The second-order valence-electron chi connectivity index (χ2n) is 5.71. The second kappa shape index (κ2) is 8.75. The van der Waals surface area contributed by atoms with Gasteiger partial charge in [0.05, 0.1) is 6.54 Å². The maximum atomic E-state index is 12.9. The average molecular weight is 358 g/mol. The molecule has 0 spiro atoms. The first kappa shape index (κ1) is 19.1. The molecule has 0 fully saturated rings. The van der Waals surface area contributed by atoms with Gasteiger partial charge in [-0.2, -0.15) is 0 Å². The van der Waals surface area contributed by atoms with Crippen molar-refractivity contribution in [3.63, 3.8) is 0 Å². The Morgan fingerprint density at radius 2 is 1.50 bits per heavy atom. The highest BCUT2D eigenvalue weighted by atomic mass is 19.1. The van der Waals surface area contributed by atoms with E-state index in [1.807, 2.05) is 0 Å². The minimum Gasteiger partial charge on any atom is -0.484 e. The van der Waals surface area contributed by atoms with E-state index in [4.69, 9.17) is 4.74 Å². The number of hydrogen-bond donors (Lipinski definition) is 1. The SMILES string of the molecule is CN(C)C(=O)CNC(=O)COc1ccc(C(=O)c2ccc(F)cc2)cc1. The number of likely N-dealkylation sites (N-methyl/N-ethyl adjacent to an activating group) is 1. The van der Waals surface area contributed by atoms with E-state index in [2.05, 4.69) is 5.32 Å². The van der Waals surface area contributed by atoms with Crippen LogP contribution in [-0.2, 0) is 9.59 Å². The Morgan fingerprint density at radius 1 is 0.962 bits per heavy atom. The van der Waals surface area contributed by atoms with E-state index >= 15 is 0 Å². The Bertz CT molecular complexity index is 786. The minimum atomic E-state index is -0.424. The Kier molecular flexibility index (Phi) is 6.43. The van der Waals surface area contributed by atoms with E-state index in [-0.39, 0.29) is 24.8 Å². The molecule has 0 atom stereocenters. The number of carbonyl (C=O) groups excluding carboxylic acids is 3. The predicted molar refractivity (Wildman–Crippen MR) is 93.5 cm³/mol. The molecule has 7 heteroatoms. The van der Waals surface area contributed by atoms with Gasteiger partial charge >= 0.3 is 0 Å². The number of ketones is 1. The van der Waals surface area contributed by atoms with Crippen molar-refractivity contribution < 1.29 is 23.5 Å². The number of carbonyl (C=O) groups is 3. The van der Waals surface area contributed by atoms with Crippen LogP contribution >= 0.6 is 0 Å². The first-order valence-electron chi connectivity index (χ1n) is 7.87. The predicted octanol–water partition coefficient (Wildman–Crippen LogP) is 1.64. The van der Waals surface area contributed by atoms with Gasteiger partial charge in [0, 0.05) is 25.2 Å². The highest BCUT2D eigenvalue weighted by Gasteiger charge is 2.10. The van der Waals surface area contributed by atoms with E-state index in [0.717, 1.165) is 0 Å². The van der Waals surface area contributed by atoms with Crippen LogP contribution in [0, 0.1) is 5.82 Å². The Labute approximate surface area is 150 Å². The molecule has 0 heterocycles. The van der Waals surface area contributed by atoms with Gasteiger partial charge in [0.2, 0.25) is 5.91 Å². The number of ether oxygens (including phenoxy) is 1. The molecule has 0 bridgehead atoms. The zero-order chi connectivity index (χ0) is 19.1. The monoisotopic (exact) mass is 358 g/mol. The lowest BCUT2D eigenvalue weighted by Gasteiger charge is -2.11. The van der Waals surface area contributed by atoms with Crippen LogP contribution in [0.4, 0.5) is 4.39 Å². The minimum absolute atomic E-state index is 0.0969. The Hall–Kier alpha value is -3.22. The number of nitrogens with zero attached hydrogens (tertiary/aromatic N) is 1. The third kappa shape index (κ3) is 5.41. The lowest BCUT2D eigenvalue weighted by Crippen LogP contribution is -2.38.